The van der Waals surface area contributed by atoms with Crippen molar-refractivity contribution >= 4 is 17.4 Å². The van der Waals surface area contributed by atoms with E-state index in [2.05, 4.69) is 0 Å². The molecule has 142 valence electrons. The summed E-state index contributed by atoms with van der Waals surface area (Å²) in [5.74, 6) is 0. The minimum absolute atomic E-state index is 0.220. The molecule has 0 saturated carbocycles. The van der Waals surface area contributed by atoms with E-state index >= 15 is 0 Å². The lowest BCUT2D eigenvalue weighted by Gasteiger charge is -2.41. The minimum Gasteiger partial charge on any atom is -0.371 e. The zero-order chi connectivity index (χ0) is 19.2. The van der Waals surface area contributed by atoms with Crippen molar-refractivity contribution < 1.29 is 18.0 Å². The molecule has 0 radical (unpaired) electrons. The van der Waals surface area contributed by atoms with Crippen molar-refractivity contribution in [2.75, 3.05) is 29.4 Å². The monoisotopic (exact) mass is 375 g/mol. The quantitative estimate of drug-likeness (QED) is 0.814. The minimum atomic E-state index is -4.38. The third kappa shape index (κ3) is 2.91. The highest BCUT2D eigenvalue weighted by Gasteiger charge is 2.46. The van der Waals surface area contributed by atoms with Gasteiger partial charge in [-0.25, -0.2) is 4.79 Å². The van der Waals surface area contributed by atoms with Crippen LogP contribution in [0.5, 0.6) is 0 Å². The molecule has 1 fully saturated rings. The number of nitrogens with two attached hydrogens (primary N) is 1. The summed E-state index contributed by atoms with van der Waals surface area (Å²) in [6.07, 6.45) is -3.05. The van der Waals surface area contributed by atoms with Gasteiger partial charge >= 0.3 is 12.2 Å². The Bertz CT molecular complexity index is 873. The highest BCUT2D eigenvalue weighted by atomic mass is 19.4. The highest BCUT2D eigenvalue weighted by molar-refractivity contribution is 5.94. The fraction of sp³-hybridized carbons (Fsp3) is 0.350. The van der Waals surface area contributed by atoms with Crippen molar-refractivity contribution in [3.8, 4) is 0 Å². The maximum absolute atomic E-state index is 13.4. The molecule has 2 N–H and O–H groups in total. The van der Waals surface area contributed by atoms with Crippen LogP contribution in [-0.2, 0) is 11.6 Å². The summed E-state index contributed by atoms with van der Waals surface area (Å²) in [4.78, 5) is 15.2. The summed E-state index contributed by atoms with van der Waals surface area (Å²) in [5.41, 5.74) is 6.78. The lowest BCUT2D eigenvalue weighted by Crippen LogP contribution is -2.47. The number of primary amides is 1. The second kappa shape index (κ2) is 6.18. The van der Waals surface area contributed by atoms with Crippen LogP contribution in [0.2, 0.25) is 0 Å². The van der Waals surface area contributed by atoms with Crippen molar-refractivity contribution in [3.05, 3.63) is 59.7 Å². The predicted molar refractivity (Wildman–Crippen MR) is 97.9 cm³/mol. The molecule has 1 spiro atoms. The molecule has 1 saturated heterocycles. The molecule has 2 aromatic rings. The van der Waals surface area contributed by atoms with Crippen LogP contribution >= 0.6 is 0 Å². The van der Waals surface area contributed by atoms with E-state index in [1.54, 1.807) is 15.9 Å². The molecule has 0 aromatic heterocycles. The van der Waals surface area contributed by atoms with Gasteiger partial charge in [0, 0.05) is 36.4 Å². The normalized spacial score (nSPS) is 18.6. The fourth-order valence-electron chi connectivity index (χ4n) is 4.42. The number of nitrogens with zero attached hydrogens (tertiary/aromatic N) is 2. The van der Waals surface area contributed by atoms with E-state index in [0.29, 0.717) is 32.5 Å². The summed E-state index contributed by atoms with van der Waals surface area (Å²) in [6, 6.07) is 12.9. The van der Waals surface area contributed by atoms with E-state index in [0.717, 1.165) is 17.3 Å². The number of hydrogen-bond donors (Lipinski definition) is 1. The molecule has 4 nitrogen and oxygen atoms in total. The number of fused-ring (bicyclic) bond motifs is 2. The molecule has 2 amide bonds. The van der Waals surface area contributed by atoms with Crippen LogP contribution in [0, 0.1) is 0 Å². The Morgan fingerprint density at radius 1 is 0.963 bits per heavy atom. The molecular weight excluding hydrogens is 355 g/mol. The van der Waals surface area contributed by atoms with Gasteiger partial charge in [-0.15, -0.1) is 0 Å². The maximum Gasteiger partial charge on any atom is 0.418 e. The number of rotatable bonds is 1. The van der Waals surface area contributed by atoms with Crippen molar-refractivity contribution in [1.82, 2.24) is 0 Å². The van der Waals surface area contributed by atoms with Gasteiger partial charge in [0.25, 0.3) is 0 Å². The van der Waals surface area contributed by atoms with E-state index in [1.807, 2.05) is 24.3 Å². The summed E-state index contributed by atoms with van der Waals surface area (Å²) >= 11 is 0. The largest absolute Gasteiger partial charge is 0.418 e. The number of anilines is 2. The molecule has 7 heteroatoms. The first-order valence-corrected chi connectivity index (χ1v) is 8.89. The van der Waals surface area contributed by atoms with Crippen molar-refractivity contribution in [3.63, 3.8) is 0 Å². The molecule has 2 heterocycles. The highest BCUT2D eigenvalue weighted by Crippen LogP contribution is 2.48. The molecule has 27 heavy (non-hydrogen) atoms. The summed E-state index contributed by atoms with van der Waals surface area (Å²) in [5, 5.41) is 0. The first-order valence-electron chi connectivity index (χ1n) is 8.89. The van der Waals surface area contributed by atoms with Crippen molar-refractivity contribution in [1.29, 1.82) is 0 Å². The van der Waals surface area contributed by atoms with Crippen LogP contribution in [0.1, 0.15) is 24.0 Å². The Morgan fingerprint density at radius 3 is 2.19 bits per heavy atom. The second-order valence-electron chi connectivity index (χ2n) is 7.22. The Labute approximate surface area is 155 Å². The Morgan fingerprint density at radius 2 is 1.56 bits per heavy atom. The van der Waals surface area contributed by atoms with Gasteiger partial charge in [-0.05, 0) is 36.6 Å². The molecule has 0 bridgehead atoms. The Hall–Kier alpha value is -2.70. The molecule has 2 aromatic carbocycles. The zero-order valence-corrected chi connectivity index (χ0v) is 14.7. The van der Waals surface area contributed by atoms with Gasteiger partial charge in [0.1, 0.15) is 0 Å². The van der Waals surface area contributed by atoms with E-state index < -0.39 is 17.8 Å². The van der Waals surface area contributed by atoms with Crippen LogP contribution in [0.4, 0.5) is 29.3 Å². The standard InChI is InChI=1S/C20H20F3N3O/c21-20(22,23)15-6-2-3-7-16(15)25-11-9-19(10-12-25)13-26(18(24)27)17-8-4-1-5-14(17)19/h1-8H,9-13H2,(H2,24,27). The average Bonchev–Trinajstić information content (AvgIpc) is 2.97. The molecule has 2 aliphatic heterocycles. The zero-order valence-electron chi connectivity index (χ0n) is 14.7. The van der Waals surface area contributed by atoms with E-state index in [1.165, 1.54) is 12.1 Å². The topological polar surface area (TPSA) is 49.6 Å². The molecule has 4 rings (SSSR count). The Kier molecular flexibility index (Phi) is 4.05. The number of para-hydroxylation sites is 2. The molecule has 0 aliphatic carbocycles. The molecule has 2 aliphatic rings. The average molecular weight is 375 g/mol. The van der Waals surface area contributed by atoms with Crippen LogP contribution in [-0.4, -0.2) is 25.7 Å². The fourth-order valence-corrected chi connectivity index (χ4v) is 4.42. The molecule has 0 atom stereocenters. The van der Waals surface area contributed by atoms with E-state index in [4.69, 9.17) is 5.73 Å². The summed E-state index contributed by atoms with van der Waals surface area (Å²) in [7, 11) is 0. The van der Waals surface area contributed by atoms with Crippen molar-refractivity contribution in [2.45, 2.75) is 24.4 Å². The Balaban J connectivity index is 1.61. The predicted octanol–water partition coefficient (Wildman–Crippen LogP) is 4.14. The van der Waals surface area contributed by atoms with Crippen molar-refractivity contribution in [2.24, 2.45) is 5.73 Å². The lowest BCUT2D eigenvalue weighted by molar-refractivity contribution is -0.137. The van der Waals surface area contributed by atoms with Gasteiger partial charge in [0.05, 0.1) is 5.56 Å². The van der Waals surface area contributed by atoms with Gasteiger partial charge in [0.15, 0.2) is 0 Å². The SMILES string of the molecule is NC(=O)N1CC2(CCN(c3ccccc3C(F)(F)F)CC2)c2ccccc21. The number of urea groups is 1. The lowest BCUT2D eigenvalue weighted by atomic mass is 9.74. The third-order valence-electron chi connectivity index (χ3n) is 5.76. The van der Waals surface area contributed by atoms with Crippen LogP contribution < -0.4 is 15.5 Å². The van der Waals surface area contributed by atoms with E-state index in [9.17, 15) is 18.0 Å². The summed E-state index contributed by atoms with van der Waals surface area (Å²) < 4.78 is 40.1. The second-order valence-corrected chi connectivity index (χ2v) is 7.22. The van der Waals surface area contributed by atoms with E-state index in [-0.39, 0.29) is 11.1 Å². The number of carbonyl (C=O) groups excluding carboxylic acids is 1. The number of halogens is 3. The number of amides is 2. The number of hydrogen-bond acceptors (Lipinski definition) is 2. The number of benzene rings is 2. The number of piperidine rings is 1. The van der Waals surface area contributed by atoms with Gasteiger partial charge in [-0.3, -0.25) is 4.90 Å². The van der Waals surface area contributed by atoms with Gasteiger partial charge in [-0.1, -0.05) is 30.3 Å². The molecule has 0 unspecified atom stereocenters. The number of carbonyl (C=O) groups is 1. The van der Waals surface area contributed by atoms with Gasteiger partial charge in [0.2, 0.25) is 0 Å². The smallest absolute Gasteiger partial charge is 0.371 e. The van der Waals surface area contributed by atoms with Gasteiger partial charge in [-0.2, -0.15) is 13.2 Å². The van der Waals surface area contributed by atoms with Crippen LogP contribution in [0.25, 0.3) is 0 Å². The van der Waals surface area contributed by atoms with Crippen LogP contribution in [0.3, 0.4) is 0 Å². The molecular formula is C20H20F3N3O. The number of alkyl halides is 3. The third-order valence-corrected chi connectivity index (χ3v) is 5.76. The van der Waals surface area contributed by atoms with Crippen LogP contribution in [0.15, 0.2) is 48.5 Å². The first-order chi connectivity index (χ1) is 12.8. The maximum atomic E-state index is 13.4. The first kappa shape index (κ1) is 17.7. The summed E-state index contributed by atoms with van der Waals surface area (Å²) in [6.45, 7) is 1.47. The van der Waals surface area contributed by atoms with Gasteiger partial charge < -0.3 is 10.6 Å².